The number of aromatic nitrogens is 1. The van der Waals surface area contributed by atoms with Gasteiger partial charge in [0.1, 0.15) is 11.9 Å². The second-order valence-electron chi connectivity index (χ2n) is 6.05. The number of nitriles is 1. The molecular formula is C21H16FN3O. The number of amides is 1. The average Bonchev–Trinajstić information content (AvgIpc) is 2.63. The summed E-state index contributed by atoms with van der Waals surface area (Å²) in [6, 6.07) is 15.6. The highest BCUT2D eigenvalue weighted by atomic mass is 19.1. The van der Waals surface area contributed by atoms with Gasteiger partial charge in [-0.2, -0.15) is 5.26 Å². The van der Waals surface area contributed by atoms with Crippen LogP contribution in [0.4, 0.5) is 4.39 Å². The molecule has 26 heavy (non-hydrogen) atoms. The van der Waals surface area contributed by atoms with Crippen molar-refractivity contribution in [1.29, 1.82) is 5.26 Å². The van der Waals surface area contributed by atoms with Crippen LogP contribution in [0.2, 0.25) is 0 Å². The zero-order chi connectivity index (χ0) is 18.7. The number of halogens is 1. The van der Waals surface area contributed by atoms with Gasteiger partial charge in [-0.25, -0.2) is 4.39 Å². The molecule has 0 aliphatic carbocycles. The van der Waals surface area contributed by atoms with Crippen LogP contribution in [0.25, 0.3) is 11.3 Å². The number of nitrogens with zero attached hydrogens (tertiary/aromatic N) is 2. The molecule has 5 heteroatoms. The van der Waals surface area contributed by atoms with Crippen molar-refractivity contribution in [1.82, 2.24) is 4.98 Å². The van der Waals surface area contributed by atoms with E-state index in [4.69, 9.17) is 11.0 Å². The summed E-state index contributed by atoms with van der Waals surface area (Å²) in [4.78, 5) is 15.7. The fourth-order valence-corrected chi connectivity index (χ4v) is 2.85. The lowest BCUT2D eigenvalue weighted by atomic mass is 9.99. The van der Waals surface area contributed by atoms with Crippen LogP contribution in [-0.2, 0) is 6.42 Å². The number of hydrogen-bond donors (Lipinski definition) is 1. The minimum atomic E-state index is -0.517. The number of benzene rings is 2. The van der Waals surface area contributed by atoms with Gasteiger partial charge in [-0.3, -0.25) is 9.78 Å². The van der Waals surface area contributed by atoms with Gasteiger partial charge in [0.05, 0.1) is 11.3 Å². The fraction of sp³-hybridized carbons (Fsp3) is 0.0952. The third kappa shape index (κ3) is 3.60. The summed E-state index contributed by atoms with van der Waals surface area (Å²) in [5.74, 6) is -0.975. The van der Waals surface area contributed by atoms with Gasteiger partial charge in [0.15, 0.2) is 0 Å². The molecule has 4 nitrogen and oxygen atoms in total. The van der Waals surface area contributed by atoms with Crippen molar-refractivity contribution in [3.05, 3.63) is 88.4 Å². The summed E-state index contributed by atoms with van der Waals surface area (Å²) in [6.45, 7) is 1.83. The van der Waals surface area contributed by atoms with Crippen molar-refractivity contribution >= 4 is 5.91 Å². The molecule has 0 aliphatic rings. The third-order valence-electron chi connectivity index (χ3n) is 4.17. The zero-order valence-corrected chi connectivity index (χ0v) is 14.2. The first kappa shape index (κ1) is 17.3. The van der Waals surface area contributed by atoms with Gasteiger partial charge in [0, 0.05) is 17.3 Å². The number of primary amides is 1. The first-order valence-electron chi connectivity index (χ1n) is 8.02. The minimum Gasteiger partial charge on any atom is -0.366 e. The van der Waals surface area contributed by atoms with Gasteiger partial charge in [0.25, 0.3) is 0 Å². The third-order valence-corrected chi connectivity index (χ3v) is 4.17. The average molecular weight is 345 g/mol. The normalized spacial score (nSPS) is 10.3. The Kier molecular flexibility index (Phi) is 4.76. The number of hydrogen-bond acceptors (Lipinski definition) is 3. The summed E-state index contributed by atoms with van der Waals surface area (Å²) in [5.41, 5.74) is 10.1. The Morgan fingerprint density at radius 3 is 2.62 bits per heavy atom. The van der Waals surface area contributed by atoms with Crippen LogP contribution in [0.15, 0.2) is 54.7 Å². The largest absolute Gasteiger partial charge is 0.366 e. The molecule has 0 spiro atoms. The molecule has 1 aromatic heterocycles. The van der Waals surface area contributed by atoms with E-state index in [1.54, 1.807) is 24.4 Å². The predicted molar refractivity (Wildman–Crippen MR) is 96.8 cm³/mol. The van der Waals surface area contributed by atoms with Crippen molar-refractivity contribution in [2.24, 2.45) is 5.73 Å². The summed E-state index contributed by atoms with van der Waals surface area (Å²) in [5, 5.41) is 8.96. The number of carbonyl (C=O) groups is 1. The zero-order valence-electron chi connectivity index (χ0n) is 14.2. The van der Waals surface area contributed by atoms with E-state index in [9.17, 15) is 9.18 Å². The Morgan fingerprint density at radius 1 is 1.15 bits per heavy atom. The van der Waals surface area contributed by atoms with Crippen LogP contribution >= 0.6 is 0 Å². The number of pyridine rings is 1. The van der Waals surface area contributed by atoms with E-state index in [-0.39, 0.29) is 5.56 Å². The van der Waals surface area contributed by atoms with Crippen LogP contribution in [0.5, 0.6) is 0 Å². The van der Waals surface area contributed by atoms with Gasteiger partial charge in [-0.05, 0) is 66.4 Å². The van der Waals surface area contributed by atoms with Crippen molar-refractivity contribution in [3.8, 4) is 17.3 Å². The summed E-state index contributed by atoms with van der Waals surface area (Å²) in [7, 11) is 0. The predicted octanol–water partition coefficient (Wildman–Crippen LogP) is 3.76. The van der Waals surface area contributed by atoms with E-state index < -0.39 is 11.7 Å². The number of nitrogens with two attached hydrogens (primary N) is 1. The standard InChI is InChI=1S/C21H16FN3O/c1-13-8-16(3-4-18(13)21(24)26)20-11-15(6-7-25-20)9-14-2-5-19(22)17(10-14)12-23/h2-8,10-11H,9H2,1H3,(H2,24,26). The first-order chi connectivity index (χ1) is 12.5. The molecular weight excluding hydrogens is 329 g/mol. The van der Waals surface area contributed by atoms with E-state index in [0.717, 1.165) is 27.9 Å². The van der Waals surface area contributed by atoms with Crippen LogP contribution in [0.1, 0.15) is 32.6 Å². The Bertz CT molecular complexity index is 1040. The molecule has 1 amide bonds. The van der Waals surface area contributed by atoms with Crippen LogP contribution in [-0.4, -0.2) is 10.9 Å². The molecule has 2 N–H and O–H groups in total. The molecule has 0 radical (unpaired) electrons. The highest BCUT2D eigenvalue weighted by molar-refractivity contribution is 5.94. The van der Waals surface area contributed by atoms with Gasteiger partial charge in [-0.1, -0.05) is 12.1 Å². The molecule has 1 heterocycles. The highest BCUT2D eigenvalue weighted by Crippen LogP contribution is 2.22. The lowest BCUT2D eigenvalue weighted by molar-refractivity contribution is 0.0999. The SMILES string of the molecule is Cc1cc(-c2cc(Cc3ccc(F)c(C#N)c3)ccn2)ccc1C(N)=O. The van der Waals surface area contributed by atoms with E-state index in [1.165, 1.54) is 6.07 Å². The summed E-state index contributed by atoms with van der Waals surface area (Å²) < 4.78 is 13.5. The minimum absolute atomic E-state index is 0.0365. The van der Waals surface area contributed by atoms with Crippen molar-refractivity contribution in [2.45, 2.75) is 13.3 Å². The molecule has 0 atom stereocenters. The van der Waals surface area contributed by atoms with Crippen molar-refractivity contribution in [3.63, 3.8) is 0 Å². The molecule has 3 aromatic rings. The molecule has 3 rings (SSSR count). The first-order valence-corrected chi connectivity index (χ1v) is 8.02. The van der Waals surface area contributed by atoms with E-state index >= 15 is 0 Å². The van der Waals surface area contributed by atoms with E-state index in [1.807, 2.05) is 37.3 Å². The van der Waals surface area contributed by atoms with Crippen LogP contribution < -0.4 is 5.73 Å². The lowest BCUT2D eigenvalue weighted by Gasteiger charge is -2.08. The van der Waals surface area contributed by atoms with Gasteiger partial charge in [0.2, 0.25) is 5.91 Å². The molecule has 0 saturated heterocycles. The number of carbonyl (C=O) groups excluding carboxylic acids is 1. The number of rotatable bonds is 4. The quantitative estimate of drug-likeness (QED) is 0.782. The number of aryl methyl sites for hydroxylation is 1. The maximum Gasteiger partial charge on any atom is 0.248 e. The topological polar surface area (TPSA) is 79.8 Å². The monoisotopic (exact) mass is 345 g/mol. The van der Waals surface area contributed by atoms with E-state index in [0.29, 0.717) is 12.0 Å². The Hall–Kier alpha value is -3.52. The second kappa shape index (κ2) is 7.16. The summed E-state index contributed by atoms with van der Waals surface area (Å²) in [6.07, 6.45) is 2.26. The fourth-order valence-electron chi connectivity index (χ4n) is 2.85. The smallest absolute Gasteiger partial charge is 0.248 e. The molecule has 128 valence electrons. The van der Waals surface area contributed by atoms with Gasteiger partial charge >= 0.3 is 0 Å². The Labute approximate surface area is 150 Å². The lowest BCUT2D eigenvalue weighted by Crippen LogP contribution is -2.12. The molecule has 0 unspecified atom stereocenters. The van der Waals surface area contributed by atoms with Gasteiger partial charge in [-0.15, -0.1) is 0 Å². The molecule has 0 bridgehead atoms. The van der Waals surface area contributed by atoms with Gasteiger partial charge < -0.3 is 5.73 Å². The van der Waals surface area contributed by atoms with Crippen molar-refractivity contribution in [2.75, 3.05) is 0 Å². The van der Waals surface area contributed by atoms with Crippen LogP contribution in [0, 0.1) is 24.1 Å². The highest BCUT2D eigenvalue weighted by Gasteiger charge is 2.09. The molecule has 0 fully saturated rings. The summed E-state index contributed by atoms with van der Waals surface area (Å²) >= 11 is 0. The Balaban J connectivity index is 1.90. The maximum atomic E-state index is 13.5. The van der Waals surface area contributed by atoms with Crippen molar-refractivity contribution < 1.29 is 9.18 Å². The van der Waals surface area contributed by atoms with Crippen LogP contribution in [0.3, 0.4) is 0 Å². The Morgan fingerprint density at radius 2 is 1.92 bits per heavy atom. The molecule has 0 saturated carbocycles. The second-order valence-corrected chi connectivity index (χ2v) is 6.05. The molecule has 0 aliphatic heterocycles. The molecule has 2 aromatic carbocycles. The maximum absolute atomic E-state index is 13.5. The van der Waals surface area contributed by atoms with E-state index in [2.05, 4.69) is 4.98 Å².